The summed E-state index contributed by atoms with van der Waals surface area (Å²) in [4.78, 5) is 38.5. The molecule has 2 heterocycles. The Balaban J connectivity index is 1.68. The highest BCUT2D eigenvalue weighted by Gasteiger charge is 2.29. The first-order valence-electron chi connectivity index (χ1n) is 8.36. The standard InChI is InChI=1S/C19H21N3O3/c1-21-11-9-14(12-17(21)23)19(25)22-10-5-6-15(13-22)18(24)20-16-7-3-2-4-8-16/h2-4,7-9,11-12,15H,5-6,10,13H2,1H3,(H,20,24). The fraction of sp³-hybridized carbons (Fsp3) is 0.316. The topological polar surface area (TPSA) is 71.4 Å². The predicted molar refractivity (Wildman–Crippen MR) is 95.4 cm³/mol. The van der Waals surface area contributed by atoms with Gasteiger partial charge in [-0.3, -0.25) is 14.4 Å². The summed E-state index contributed by atoms with van der Waals surface area (Å²) in [5, 5.41) is 2.90. The van der Waals surface area contributed by atoms with Crippen molar-refractivity contribution in [3.8, 4) is 0 Å². The van der Waals surface area contributed by atoms with Gasteiger partial charge in [0.15, 0.2) is 0 Å². The Hall–Kier alpha value is -2.89. The molecule has 0 saturated carbocycles. The van der Waals surface area contributed by atoms with E-state index >= 15 is 0 Å². The number of hydrogen-bond acceptors (Lipinski definition) is 3. The van der Waals surface area contributed by atoms with E-state index < -0.39 is 0 Å². The fourth-order valence-electron chi connectivity index (χ4n) is 3.01. The molecular weight excluding hydrogens is 318 g/mol. The number of hydrogen-bond donors (Lipinski definition) is 1. The lowest BCUT2D eigenvalue weighted by Crippen LogP contribution is -2.44. The van der Waals surface area contributed by atoms with Gasteiger partial charge in [0.05, 0.1) is 5.92 Å². The number of nitrogens with one attached hydrogen (secondary N) is 1. The fourth-order valence-corrected chi connectivity index (χ4v) is 3.01. The summed E-state index contributed by atoms with van der Waals surface area (Å²) >= 11 is 0. The number of likely N-dealkylation sites (tertiary alicyclic amines) is 1. The van der Waals surface area contributed by atoms with Gasteiger partial charge in [-0.2, -0.15) is 0 Å². The highest BCUT2D eigenvalue weighted by Crippen LogP contribution is 2.20. The van der Waals surface area contributed by atoms with E-state index in [1.54, 1.807) is 24.2 Å². The number of aryl methyl sites for hydroxylation is 1. The molecule has 0 bridgehead atoms. The van der Waals surface area contributed by atoms with Crippen molar-refractivity contribution in [2.45, 2.75) is 12.8 Å². The second-order valence-electron chi connectivity index (χ2n) is 6.31. The molecule has 25 heavy (non-hydrogen) atoms. The Morgan fingerprint density at radius 1 is 1.16 bits per heavy atom. The van der Waals surface area contributed by atoms with Crippen LogP contribution in [0.15, 0.2) is 53.5 Å². The molecule has 0 spiro atoms. The van der Waals surface area contributed by atoms with Gasteiger partial charge in [-0.25, -0.2) is 0 Å². The van der Waals surface area contributed by atoms with Crippen molar-refractivity contribution in [2.75, 3.05) is 18.4 Å². The van der Waals surface area contributed by atoms with E-state index in [1.165, 1.54) is 10.6 Å². The maximum atomic E-state index is 12.6. The summed E-state index contributed by atoms with van der Waals surface area (Å²) < 4.78 is 1.42. The van der Waals surface area contributed by atoms with Gasteiger partial charge in [-0.05, 0) is 31.0 Å². The number of aromatic nitrogens is 1. The van der Waals surface area contributed by atoms with Crippen LogP contribution >= 0.6 is 0 Å². The number of para-hydroxylation sites is 1. The highest BCUT2D eigenvalue weighted by molar-refractivity contribution is 5.96. The maximum absolute atomic E-state index is 12.6. The zero-order chi connectivity index (χ0) is 17.8. The van der Waals surface area contributed by atoms with Crippen LogP contribution in [-0.4, -0.2) is 34.4 Å². The van der Waals surface area contributed by atoms with Gasteiger partial charge in [0.2, 0.25) is 5.91 Å². The zero-order valence-corrected chi connectivity index (χ0v) is 14.1. The van der Waals surface area contributed by atoms with E-state index in [0.717, 1.165) is 18.5 Å². The van der Waals surface area contributed by atoms with Crippen molar-refractivity contribution in [3.63, 3.8) is 0 Å². The third-order valence-electron chi connectivity index (χ3n) is 4.47. The Kier molecular flexibility index (Phi) is 4.97. The Morgan fingerprint density at radius 2 is 1.92 bits per heavy atom. The number of pyridine rings is 1. The molecule has 1 fully saturated rings. The van der Waals surface area contributed by atoms with Crippen molar-refractivity contribution in [3.05, 3.63) is 64.6 Å². The van der Waals surface area contributed by atoms with Gasteiger partial charge in [0.25, 0.3) is 11.5 Å². The van der Waals surface area contributed by atoms with E-state index in [2.05, 4.69) is 5.32 Å². The monoisotopic (exact) mass is 339 g/mol. The van der Waals surface area contributed by atoms with Gasteiger partial charge in [-0.15, -0.1) is 0 Å². The number of anilines is 1. The molecule has 1 aliphatic heterocycles. The van der Waals surface area contributed by atoms with Gasteiger partial charge < -0.3 is 14.8 Å². The summed E-state index contributed by atoms with van der Waals surface area (Å²) in [6.45, 7) is 0.968. The molecular formula is C19H21N3O3. The first-order valence-corrected chi connectivity index (χ1v) is 8.36. The minimum atomic E-state index is -0.246. The number of nitrogens with zero attached hydrogens (tertiary/aromatic N) is 2. The number of piperidine rings is 1. The summed E-state index contributed by atoms with van der Waals surface area (Å²) in [6, 6.07) is 12.3. The third-order valence-corrected chi connectivity index (χ3v) is 4.47. The lowest BCUT2D eigenvalue weighted by Gasteiger charge is -2.32. The normalized spacial score (nSPS) is 17.2. The maximum Gasteiger partial charge on any atom is 0.254 e. The molecule has 0 aliphatic carbocycles. The molecule has 130 valence electrons. The van der Waals surface area contributed by atoms with Gasteiger partial charge in [0.1, 0.15) is 0 Å². The summed E-state index contributed by atoms with van der Waals surface area (Å²) in [5.41, 5.74) is 0.899. The molecule has 1 atom stereocenters. The van der Waals surface area contributed by atoms with Crippen LogP contribution in [0.4, 0.5) is 5.69 Å². The Labute approximate surface area is 146 Å². The third kappa shape index (κ3) is 3.96. The molecule has 1 saturated heterocycles. The lowest BCUT2D eigenvalue weighted by molar-refractivity contribution is -0.121. The minimum Gasteiger partial charge on any atom is -0.338 e. The molecule has 0 radical (unpaired) electrons. The quantitative estimate of drug-likeness (QED) is 0.928. The molecule has 1 unspecified atom stereocenters. The van der Waals surface area contributed by atoms with Crippen LogP contribution < -0.4 is 10.9 Å². The van der Waals surface area contributed by atoms with E-state index in [-0.39, 0.29) is 23.3 Å². The van der Waals surface area contributed by atoms with Crippen LogP contribution in [0.1, 0.15) is 23.2 Å². The predicted octanol–water partition coefficient (Wildman–Crippen LogP) is 1.88. The SMILES string of the molecule is Cn1ccc(C(=O)N2CCCC(C(=O)Nc3ccccc3)C2)cc1=O. The highest BCUT2D eigenvalue weighted by atomic mass is 16.2. The van der Waals surface area contributed by atoms with Gasteiger partial charge in [0, 0.05) is 43.7 Å². The molecule has 6 heteroatoms. The molecule has 1 aromatic heterocycles. The van der Waals surface area contributed by atoms with Crippen LogP contribution in [0, 0.1) is 5.92 Å². The van der Waals surface area contributed by atoms with E-state index in [1.807, 2.05) is 30.3 Å². The second-order valence-corrected chi connectivity index (χ2v) is 6.31. The Bertz CT molecular complexity index is 829. The largest absolute Gasteiger partial charge is 0.338 e. The molecule has 1 N–H and O–H groups in total. The number of carbonyl (C=O) groups excluding carboxylic acids is 2. The Morgan fingerprint density at radius 3 is 2.64 bits per heavy atom. The van der Waals surface area contributed by atoms with Crippen LogP contribution in [-0.2, 0) is 11.8 Å². The molecule has 3 rings (SSSR count). The first-order chi connectivity index (χ1) is 12.0. The minimum absolute atomic E-state index is 0.0762. The van der Waals surface area contributed by atoms with E-state index in [9.17, 15) is 14.4 Å². The molecule has 1 aromatic carbocycles. The van der Waals surface area contributed by atoms with Crippen molar-refractivity contribution in [1.29, 1.82) is 0 Å². The summed E-state index contributed by atoms with van der Waals surface area (Å²) in [5.74, 6) is -0.521. The number of benzene rings is 1. The average molecular weight is 339 g/mol. The van der Waals surface area contributed by atoms with Crippen molar-refractivity contribution >= 4 is 17.5 Å². The number of rotatable bonds is 3. The molecule has 2 amide bonds. The van der Waals surface area contributed by atoms with Gasteiger partial charge >= 0.3 is 0 Å². The van der Waals surface area contributed by atoms with Crippen LogP contribution in [0.2, 0.25) is 0 Å². The molecule has 6 nitrogen and oxygen atoms in total. The summed E-state index contributed by atoms with van der Waals surface area (Å²) in [6.07, 6.45) is 3.10. The van der Waals surface area contributed by atoms with Crippen molar-refractivity contribution in [2.24, 2.45) is 13.0 Å². The van der Waals surface area contributed by atoms with Crippen molar-refractivity contribution in [1.82, 2.24) is 9.47 Å². The van der Waals surface area contributed by atoms with E-state index in [0.29, 0.717) is 18.7 Å². The van der Waals surface area contributed by atoms with Crippen LogP contribution in [0.3, 0.4) is 0 Å². The zero-order valence-electron chi connectivity index (χ0n) is 14.1. The lowest BCUT2D eigenvalue weighted by atomic mass is 9.96. The van der Waals surface area contributed by atoms with E-state index in [4.69, 9.17) is 0 Å². The number of carbonyl (C=O) groups is 2. The van der Waals surface area contributed by atoms with Gasteiger partial charge in [-0.1, -0.05) is 18.2 Å². The molecule has 1 aliphatic rings. The molecule has 2 aromatic rings. The first kappa shape index (κ1) is 17.0. The van der Waals surface area contributed by atoms with Crippen molar-refractivity contribution < 1.29 is 9.59 Å². The van der Waals surface area contributed by atoms with Crippen LogP contribution in [0.25, 0.3) is 0 Å². The van der Waals surface area contributed by atoms with Crippen LogP contribution in [0.5, 0.6) is 0 Å². The average Bonchev–Trinajstić information content (AvgIpc) is 2.64. The smallest absolute Gasteiger partial charge is 0.254 e. The second kappa shape index (κ2) is 7.34. The summed E-state index contributed by atoms with van der Waals surface area (Å²) in [7, 11) is 1.64. The number of amides is 2.